The standard InChI is InChI=1S/C22H20ClF2N5O2S.C2H6/c1-11-5-4-6-16(27-11)19-15(23)8-7-13-17(10-26-20(13)19)33(31)30-22-28-12(2)14(9-18(24)25)21(29-22)32-3;1-2/h4-8,10,18,26H,9H2,1-3H3,(H,28,29,30);1-2H3. The van der Waals surface area contributed by atoms with Gasteiger partial charge < -0.3 is 9.72 Å². The molecule has 7 nitrogen and oxygen atoms in total. The molecule has 0 aliphatic heterocycles. The van der Waals surface area contributed by atoms with Crippen molar-refractivity contribution in [2.75, 3.05) is 11.8 Å². The fraction of sp³-hybridized carbons (Fsp3) is 0.292. The molecule has 1 atom stereocenters. The molecule has 0 bridgehead atoms. The molecule has 1 aromatic carbocycles. The van der Waals surface area contributed by atoms with Crippen LogP contribution >= 0.6 is 11.6 Å². The molecule has 4 rings (SSSR count). The number of hydrogen-bond acceptors (Lipinski definition) is 5. The molecule has 186 valence electrons. The number of pyridine rings is 1. The molecule has 35 heavy (non-hydrogen) atoms. The summed E-state index contributed by atoms with van der Waals surface area (Å²) in [6.45, 7) is 7.46. The first-order chi connectivity index (χ1) is 16.8. The van der Waals surface area contributed by atoms with E-state index in [2.05, 4.69) is 24.7 Å². The topological polar surface area (TPSA) is 92.8 Å². The normalized spacial score (nSPS) is 11.8. The van der Waals surface area contributed by atoms with Gasteiger partial charge in [-0.2, -0.15) is 4.98 Å². The number of alkyl halides is 2. The number of halogens is 3. The van der Waals surface area contributed by atoms with Crippen molar-refractivity contribution < 1.29 is 17.7 Å². The highest BCUT2D eigenvalue weighted by Crippen LogP contribution is 2.36. The predicted octanol–water partition coefficient (Wildman–Crippen LogP) is 6.27. The van der Waals surface area contributed by atoms with Crippen LogP contribution in [0.1, 0.15) is 30.8 Å². The fourth-order valence-corrected chi connectivity index (χ4v) is 4.70. The Morgan fingerprint density at radius 2 is 1.89 bits per heavy atom. The number of ether oxygens (including phenoxy) is 1. The first-order valence-corrected chi connectivity index (χ1v) is 12.4. The molecule has 2 N–H and O–H groups in total. The maximum atomic E-state index is 13.1. The lowest BCUT2D eigenvalue weighted by Gasteiger charge is -2.12. The molecule has 0 spiro atoms. The lowest BCUT2D eigenvalue weighted by molar-refractivity contribution is 0.147. The number of nitrogens with zero attached hydrogens (tertiary/aromatic N) is 3. The third-order valence-electron chi connectivity index (χ3n) is 5.02. The molecular formula is C24H26ClF2N5O2S. The first kappa shape index (κ1) is 26.5. The molecule has 0 amide bonds. The Morgan fingerprint density at radius 3 is 2.54 bits per heavy atom. The second kappa shape index (κ2) is 11.5. The van der Waals surface area contributed by atoms with Crippen LogP contribution in [0.3, 0.4) is 0 Å². The fourth-order valence-electron chi connectivity index (χ4n) is 3.55. The van der Waals surface area contributed by atoms with Gasteiger partial charge in [-0.25, -0.2) is 18.0 Å². The van der Waals surface area contributed by atoms with Crippen molar-refractivity contribution in [3.8, 4) is 17.1 Å². The summed E-state index contributed by atoms with van der Waals surface area (Å²) in [6.07, 6.45) is -1.49. The van der Waals surface area contributed by atoms with Gasteiger partial charge in [-0.3, -0.25) is 9.71 Å². The van der Waals surface area contributed by atoms with Crippen molar-refractivity contribution in [3.05, 3.63) is 58.5 Å². The molecule has 0 aliphatic carbocycles. The Bertz CT molecular complexity index is 1360. The zero-order valence-corrected chi connectivity index (χ0v) is 21.5. The Balaban J connectivity index is 0.00000167. The van der Waals surface area contributed by atoms with Gasteiger partial charge in [0.05, 0.1) is 33.9 Å². The van der Waals surface area contributed by atoms with Crippen LogP contribution in [0.2, 0.25) is 5.02 Å². The zero-order chi connectivity index (χ0) is 25.7. The Kier molecular flexibility index (Phi) is 8.74. The average Bonchev–Trinajstić information content (AvgIpc) is 3.25. The van der Waals surface area contributed by atoms with Gasteiger partial charge in [-0.05, 0) is 32.0 Å². The van der Waals surface area contributed by atoms with E-state index in [1.807, 2.05) is 39.0 Å². The summed E-state index contributed by atoms with van der Waals surface area (Å²) < 4.78 is 46.8. The number of aromatic amines is 1. The van der Waals surface area contributed by atoms with Crippen LogP contribution in [0, 0.1) is 13.8 Å². The number of aryl methyl sites for hydroxylation is 2. The van der Waals surface area contributed by atoms with Crippen LogP contribution in [-0.4, -0.2) is 37.7 Å². The van der Waals surface area contributed by atoms with E-state index in [4.69, 9.17) is 16.3 Å². The number of hydrogen-bond donors (Lipinski definition) is 2. The quantitative estimate of drug-likeness (QED) is 0.299. The van der Waals surface area contributed by atoms with Crippen molar-refractivity contribution in [1.82, 2.24) is 19.9 Å². The van der Waals surface area contributed by atoms with Gasteiger partial charge in [-0.1, -0.05) is 37.6 Å². The number of fused-ring (bicyclic) bond motifs is 1. The highest BCUT2D eigenvalue weighted by molar-refractivity contribution is 7.86. The zero-order valence-electron chi connectivity index (χ0n) is 19.9. The molecule has 0 fully saturated rings. The predicted molar refractivity (Wildman–Crippen MR) is 136 cm³/mol. The van der Waals surface area contributed by atoms with Crippen molar-refractivity contribution >= 4 is 39.4 Å². The van der Waals surface area contributed by atoms with Crippen molar-refractivity contribution in [3.63, 3.8) is 0 Å². The van der Waals surface area contributed by atoms with E-state index in [0.717, 1.165) is 5.69 Å². The maximum absolute atomic E-state index is 13.1. The molecule has 3 aromatic heterocycles. The monoisotopic (exact) mass is 521 g/mol. The minimum absolute atomic E-state index is 0.00425. The summed E-state index contributed by atoms with van der Waals surface area (Å²) in [5, 5.41) is 1.19. The van der Waals surface area contributed by atoms with Crippen molar-refractivity contribution in [1.29, 1.82) is 0 Å². The van der Waals surface area contributed by atoms with Gasteiger partial charge in [0.1, 0.15) is 0 Å². The van der Waals surface area contributed by atoms with Gasteiger partial charge >= 0.3 is 0 Å². The molecular weight excluding hydrogens is 496 g/mol. The van der Waals surface area contributed by atoms with Crippen LogP contribution < -0.4 is 9.46 Å². The van der Waals surface area contributed by atoms with Gasteiger partial charge in [0.25, 0.3) is 0 Å². The summed E-state index contributed by atoms with van der Waals surface area (Å²) in [6, 6.07) is 9.12. The van der Waals surface area contributed by atoms with Crippen LogP contribution in [0.5, 0.6) is 5.88 Å². The SMILES string of the molecule is CC.COc1nc(NS(=O)c2c[nH]c3c(-c4cccc(C)n4)c(Cl)ccc23)nc(C)c1CC(F)F. The smallest absolute Gasteiger partial charge is 0.242 e. The van der Waals surface area contributed by atoms with Gasteiger partial charge in [0, 0.05) is 34.8 Å². The van der Waals surface area contributed by atoms with E-state index >= 15 is 0 Å². The Labute approximate surface area is 209 Å². The second-order valence-electron chi connectivity index (χ2n) is 7.25. The molecule has 1 unspecified atom stereocenters. The first-order valence-electron chi connectivity index (χ1n) is 10.9. The lowest BCUT2D eigenvalue weighted by atomic mass is 10.1. The van der Waals surface area contributed by atoms with E-state index in [0.29, 0.717) is 37.8 Å². The van der Waals surface area contributed by atoms with Gasteiger partial charge in [0.2, 0.25) is 18.3 Å². The van der Waals surface area contributed by atoms with E-state index < -0.39 is 23.8 Å². The molecule has 4 aromatic rings. The highest BCUT2D eigenvalue weighted by atomic mass is 35.5. The molecule has 11 heteroatoms. The number of H-pyrrole nitrogens is 1. The van der Waals surface area contributed by atoms with Crippen molar-refractivity contribution in [2.45, 2.75) is 45.4 Å². The second-order valence-corrected chi connectivity index (χ2v) is 8.84. The summed E-state index contributed by atoms with van der Waals surface area (Å²) in [7, 11) is -0.428. The minimum Gasteiger partial charge on any atom is -0.481 e. The number of rotatable bonds is 7. The van der Waals surface area contributed by atoms with E-state index in [1.54, 1.807) is 25.3 Å². The Hall–Kier alpha value is -3.11. The largest absolute Gasteiger partial charge is 0.481 e. The highest BCUT2D eigenvalue weighted by Gasteiger charge is 2.20. The summed E-state index contributed by atoms with van der Waals surface area (Å²) in [4.78, 5) is 16.4. The van der Waals surface area contributed by atoms with E-state index in [1.165, 1.54) is 7.11 Å². The van der Waals surface area contributed by atoms with Gasteiger partial charge in [0.15, 0.2) is 11.0 Å². The number of anilines is 1. The summed E-state index contributed by atoms with van der Waals surface area (Å²) in [5.74, 6) is 0.0189. The number of aromatic nitrogens is 4. The van der Waals surface area contributed by atoms with Crippen molar-refractivity contribution in [2.24, 2.45) is 0 Å². The molecule has 0 radical (unpaired) electrons. The van der Waals surface area contributed by atoms with E-state index in [9.17, 15) is 13.0 Å². The van der Waals surface area contributed by atoms with Crippen LogP contribution in [-0.2, 0) is 17.4 Å². The molecule has 0 saturated carbocycles. The van der Waals surface area contributed by atoms with Crippen LogP contribution in [0.4, 0.5) is 14.7 Å². The molecule has 3 heterocycles. The molecule has 0 aliphatic rings. The minimum atomic E-state index is -2.57. The lowest BCUT2D eigenvalue weighted by Crippen LogP contribution is -2.12. The molecule has 0 saturated heterocycles. The summed E-state index contributed by atoms with van der Waals surface area (Å²) >= 11 is 6.47. The summed E-state index contributed by atoms with van der Waals surface area (Å²) in [5.41, 5.74) is 3.45. The third-order valence-corrected chi connectivity index (χ3v) is 6.44. The number of methoxy groups -OCH3 is 1. The van der Waals surface area contributed by atoms with E-state index in [-0.39, 0.29) is 17.4 Å². The maximum Gasteiger partial charge on any atom is 0.242 e. The number of nitrogens with one attached hydrogen (secondary N) is 2. The van der Waals surface area contributed by atoms with Crippen LogP contribution in [0.25, 0.3) is 22.2 Å². The van der Waals surface area contributed by atoms with Crippen LogP contribution in [0.15, 0.2) is 41.4 Å². The Morgan fingerprint density at radius 1 is 1.14 bits per heavy atom. The third kappa shape index (κ3) is 5.76. The average molecular weight is 522 g/mol. The van der Waals surface area contributed by atoms with Gasteiger partial charge in [-0.15, -0.1) is 0 Å². The number of benzene rings is 1.